The lowest BCUT2D eigenvalue weighted by Crippen LogP contribution is -2.07. The Morgan fingerprint density at radius 3 is 2.39 bits per heavy atom. The van der Waals surface area contributed by atoms with Crippen LogP contribution in [0.3, 0.4) is 0 Å². The van der Waals surface area contributed by atoms with Crippen molar-refractivity contribution in [1.82, 2.24) is 0 Å². The number of rotatable bonds is 2. The van der Waals surface area contributed by atoms with Crippen molar-refractivity contribution < 1.29 is 13.6 Å². The SMILES string of the molecule is CC(=O)c1c(-c2ccc(F)cc2)cc(=O)oc1C. The third kappa shape index (κ3) is 2.22. The van der Waals surface area contributed by atoms with Gasteiger partial charge in [-0.2, -0.15) is 0 Å². The van der Waals surface area contributed by atoms with E-state index in [0.29, 0.717) is 16.7 Å². The van der Waals surface area contributed by atoms with Crippen molar-refractivity contribution in [3.05, 3.63) is 57.9 Å². The minimum Gasteiger partial charge on any atom is -0.427 e. The fraction of sp³-hybridized carbons (Fsp3) is 0.143. The minimum atomic E-state index is -0.531. The predicted octanol–water partition coefficient (Wildman–Crippen LogP) is 2.96. The molecule has 0 aliphatic carbocycles. The fourth-order valence-corrected chi connectivity index (χ4v) is 1.91. The van der Waals surface area contributed by atoms with E-state index in [2.05, 4.69) is 0 Å². The van der Waals surface area contributed by atoms with Gasteiger partial charge < -0.3 is 4.42 Å². The van der Waals surface area contributed by atoms with E-state index in [4.69, 9.17) is 4.42 Å². The van der Waals surface area contributed by atoms with E-state index in [-0.39, 0.29) is 17.4 Å². The zero-order chi connectivity index (χ0) is 13.3. The molecule has 0 atom stereocenters. The standard InChI is InChI=1S/C14H11FO3/c1-8(16)14-9(2)18-13(17)7-12(14)10-3-5-11(15)6-4-10/h3-7H,1-2H3. The number of carbonyl (C=O) groups excluding carboxylic acids is 1. The lowest BCUT2D eigenvalue weighted by atomic mass is 9.98. The lowest BCUT2D eigenvalue weighted by molar-refractivity contribution is 0.101. The van der Waals surface area contributed by atoms with Crippen molar-refractivity contribution in [2.75, 3.05) is 0 Å². The smallest absolute Gasteiger partial charge is 0.336 e. The monoisotopic (exact) mass is 246 g/mol. The van der Waals surface area contributed by atoms with Crippen LogP contribution in [0.2, 0.25) is 0 Å². The van der Waals surface area contributed by atoms with Crippen molar-refractivity contribution in [3.8, 4) is 11.1 Å². The number of hydrogen-bond acceptors (Lipinski definition) is 3. The zero-order valence-electron chi connectivity index (χ0n) is 9.99. The number of Topliss-reactive ketones (excluding diaryl/α,β-unsaturated/α-hetero) is 1. The third-order valence-corrected chi connectivity index (χ3v) is 2.64. The van der Waals surface area contributed by atoms with Crippen molar-refractivity contribution >= 4 is 5.78 Å². The first-order chi connectivity index (χ1) is 8.49. The molecular formula is C14H11FO3. The molecule has 0 saturated heterocycles. The van der Waals surface area contributed by atoms with Gasteiger partial charge in [-0.3, -0.25) is 4.79 Å². The van der Waals surface area contributed by atoms with Crippen LogP contribution in [0.25, 0.3) is 11.1 Å². The Morgan fingerprint density at radius 1 is 1.22 bits per heavy atom. The first-order valence-electron chi connectivity index (χ1n) is 5.40. The first-order valence-corrected chi connectivity index (χ1v) is 5.40. The zero-order valence-corrected chi connectivity index (χ0v) is 9.99. The molecule has 0 aliphatic rings. The number of ketones is 1. The van der Waals surface area contributed by atoms with Crippen LogP contribution >= 0.6 is 0 Å². The van der Waals surface area contributed by atoms with Crippen LogP contribution in [-0.2, 0) is 0 Å². The molecule has 3 nitrogen and oxygen atoms in total. The normalized spacial score (nSPS) is 10.4. The van der Waals surface area contributed by atoms with Gasteiger partial charge >= 0.3 is 5.63 Å². The molecule has 0 radical (unpaired) electrons. The van der Waals surface area contributed by atoms with Crippen LogP contribution in [-0.4, -0.2) is 5.78 Å². The summed E-state index contributed by atoms with van der Waals surface area (Å²) in [5, 5.41) is 0. The molecule has 92 valence electrons. The number of aryl methyl sites for hydroxylation is 1. The first kappa shape index (κ1) is 12.2. The van der Waals surface area contributed by atoms with Crippen molar-refractivity contribution in [2.24, 2.45) is 0 Å². The second-order valence-corrected chi connectivity index (χ2v) is 3.97. The molecule has 2 aromatic rings. The average molecular weight is 246 g/mol. The molecule has 1 aromatic carbocycles. The summed E-state index contributed by atoms with van der Waals surface area (Å²) in [6, 6.07) is 6.86. The maximum absolute atomic E-state index is 12.9. The van der Waals surface area contributed by atoms with Crippen LogP contribution < -0.4 is 5.63 Å². The number of hydrogen-bond donors (Lipinski definition) is 0. The van der Waals surface area contributed by atoms with Crippen LogP contribution in [0.4, 0.5) is 4.39 Å². The van der Waals surface area contributed by atoms with Gasteiger partial charge in [0.05, 0.1) is 5.56 Å². The van der Waals surface area contributed by atoms with Gasteiger partial charge in [0.2, 0.25) is 0 Å². The summed E-state index contributed by atoms with van der Waals surface area (Å²) in [5.74, 6) is -0.298. The molecule has 1 heterocycles. The van der Waals surface area contributed by atoms with E-state index in [1.54, 1.807) is 6.92 Å². The van der Waals surface area contributed by atoms with Crippen LogP contribution in [0.15, 0.2) is 39.5 Å². The molecule has 2 rings (SSSR count). The molecule has 0 fully saturated rings. The van der Waals surface area contributed by atoms with E-state index in [1.807, 2.05) is 0 Å². The minimum absolute atomic E-state index is 0.199. The highest BCUT2D eigenvalue weighted by Gasteiger charge is 2.15. The van der Waals surface area contributed by atoms with Crippen molar-refractivity contribution in [1.29, 1.82) is 0 Å². The summed E-state index contributed by atoms with van der Waals surface area (Å²) < 4.78 is 17.8. The van der Waals surface area contributed by atoms with Gasteiger partial charge in [0.15, 0.2) is 5.78 Å². The molecule has 0 bridgehead atoms. The van der Waals surface area contributed by atoms with Gasteiger partial charge in [-0.05, 0) is 31.5 Å². The van der Waals surface area contributed by atoms with Gasteiger partial charge in [0.1, 0.15) is 11.6 Å². The van der Waals surface area contributed by atoms with E-state index in [1.165, 1.54) is 37.3 Å². The van der Waals surface area contributed by atoms with E-state index in [9.17, 15) is 14.0 Å². The van der Waals surface area contributed by atoms with E-state index >= 15 is 0 Å². The Kier molecular flexibility index (Phi) is 3.10. The maximum atomic E-state index is 12.9. The summed E-state index contributed by atoms with van der Waals surface area (Å²) in [7, 11) is 0. The molecule has 0 saturated carbocycles. The average Bonchev–Trinajstić information content (AvgIpc) is 2.28. The summed E-state index contributed by atoms with van der Waals surface area (Å²) in [6.45, 7) is 2.96. The number of carbonyl (C=O) groups is 1. The predicted molar refractivity (Wildman–Crippen MR) is 65.1 cm³/mol. The largest absolute Gasteiger partial charge is 0.427 e. The topological polar surface area (TPSA) is 47.3 Å². The van der Waals surface area contributed by atoms with Crippen LogP contribution in [0.1, 0.15) is 23.0 Å². The van der Waals surface area contributed by atoms with Gasteiger partial charge in [-0.1, -0.05) is 12.1 Å². The van der Waals surface area contributed by atoms with Crippen molar-refractivity contribution in [2.45, 2.75) is 13.8 Å². The fourth-order valence-electron chi connectivity index (χ4n) is 1.91. The van der Waals surface area contributed by atoms with Gasteiger partial charge in [0, 0.05) is 11.6 Å². The Hall–Kier alpha value is -2.23. The highest BCUT2D eigenvalue weighted by molar-refractivity contribution is 6.01. The maximum Gasteiger partial charge on any atom is 0.336 e. The molecule has 1 aromatic heterocycles. The van der Waals surface area contributed by atoms with Gasteiger partial charge in [0.25, 0.3) is 0 Å². The molecule has 0 N–H and O–H groups in total. The Balaban J connectivity index is 2.73. The Labute approximate surface area is 103 Å². The highest BCUT2D eigenvalue weighted by Crippen LogP contribution is 2.25. The van der Waals surface area contributed by atoms with Crippen LogP contribution in [0, 0.1) is 12.7 Å². The Morgan fingerprint density at radius 2 is 1.83 bits per heavy atom. The lowest BCUT2D eigenvalue weighted by Gasteiger charge is -2.08. The third-order valence-electron chi connectivity index (χ3n) is 2.64. The van der Waals surface area contributed by atoms with Gasteiger partial charge in [-0.25, -0.2) is 9.18 Å². The van der Waals surface area contributed by atoms with Crippen molar-refractivity contribution in [3.63, 3.8) is 0 Å². The molecule has 18 heavy (non-hydrogen) atoms. The summed E-state index contributed by atoms with van der Waals surface area (Å²) in [4.78, 5) is 23.0. The molecule has 0 aliphatic heterocycles. The number of benzene rings is 1. The Bertz CT molecular complexity index is 654. The quantitative estimate of drug-likeness (QED) is 0.765. The molecule has 0 amide bonds. The summed E-state index contributed by atoms with van der Waals surface area (Å²) >= 11 is 0. The second kappa shape index (κ2) is 4.56. The summed E-state index contributed by atoms with van der Waals surface area (Å²) in [5.41, 5.74) is 0.895. The number of halogens is 1. The van der Waals surface area contributed by atoms with Gasteiger partial charge in [-0.15, -0.1) is 0 Å². The molecule has 4 heteroatoms. The highest BCUT2D eigenvalue weighted by atomic mass is 19.1. The summed E-state index contributed by atoms with van der Waals surface area (Å²) in [6.07, 6.45) is 0. The molecule has 0 spiro atoms. The van der Waals surface area contributed by atoms with Crippen LogP contribution in [0.5, 0.6) is 0 Å². The molecular weight excluding hydrogens is 235 g/mol. The van der Waals surface area contributed by atoms with E-state index in [0.717, 1.165) is 0 Å². The molecule has 0 unspecified atom stereocenters. The van der Waals surface area contributed by atoms with E-state index < -0.39 is 5.63 Å². The second-order valence-electron chi connectivity index (χ2n) is 3.97.